The van der Waals surface area contributed by atoms with Crippen LogP contribution in [0.25, 0.3) is 0 Å². The molecule has 3 unspecified atom stereocenters. The van der Waals surface area contributed by atoms with Gasteiger partial charge in [0.05, 0.1) is 0 Å². The smallest absolute Gasteiger partial charge is 0.0188 e. The van der Waals surface area contributed by atoms with Gasteiger partial charge in [0.25, 0.3) is 0 Å². The van der Waals surface area contributed by atoms with Gasteiger partial charge in [-0.25, -0.2) is 0 Å². The van der Waals surface area contributed by atoms with Crippen molar-refractivity contribution >= 4 is 0 Å². The van der Waals surface area contributed by atoms with Crippen LogP contribution in [0.2, 0.25) is 0 Å². The minimum atomic E-state index is 0.522. The molecule has 9 rings (SSSR count). The average Bonchev–Trinajstić information content (AvgIpc) is 2.84. The van der Waals surface area contributed by atoms with E-state index in [1.165, 1.54) is 24.8 Å². The van der Waals surface area contributed by atoms with Crippen molar-refractivity contribution in [2.45, 2.75) is 26.2 Å². The molecule has 0 heterocycles. The van der Waals surface area contributed by atoms with E-state index in [0.29, 0.717) is 5.41 Å². The second-order valence-corrected chi connectivity index (χ2v) is 7.50. The summed E-state index contributed by atoms with van der Waals surface area (Å²) >= 11 is 0. The summed E-state index contributed by atoms with van der Waals surface area (Å²) in [6.45, 7) is 2.45. The number of hydrogen-bond donors (Lipinski definition) is 0. The van der Waals surface area contributed by atoms with Crippen LogP contribution in [-0.4, -0.2) is 0 Å². The summed E-state index contributed by atoms with van der Waals surface area (Å²) < 4.78 is 0. The molecule has 9 bridgehead atoms. The summed E-state index contributed by atoms with van der Waals surface area (Å²) in [6.07, 6.45) is 11.7. The predicted molar refractivity (Wildman–Crippen MR) is 74.3 cm³/mol. The van der Waals surface area contributed by atoms with Gasteiger partial charge in [0.15, 0.2) is 0 Å². The van der Waals surface area contributed by atoms with Crippen molar-refractivity contribution in [1.29, 1.82) is 0 Å². The Bertz CT molecular complexity index is 846. The SMILES string of the molecule is CC1CC23CC4=C2C2CC3=C3C5=CC(=CC5=C32)C1=C4. The standard InChI is InChI=1S/C19H14/c1-8-6-19-7-10-4-11(8)9-2-12-13(3-9)17-15(19)5-14(16(12)17)18(10)19/h2-4,8,14H,5-7H2,1H3. The monoisotopic (exact) mass is 242 g/mol. The van der Waals surface area contributed by atoms with E-state index in [-0.39, 0.29) is 0 Å². The highest BCUT2D eigenvalue weighted by Gasteiger charge is 2.65. The van der Waals surface area contributed by atoms with Crippen LogP contribution in [0.1, 0.15) is 26.2 Å². The van der Waals surface area contributed by atoms with Gasteiger partial charge < -0.3 is 0 Å². The van der Waals surface area contributed by atoms with Crippen LogP contribution in [0.15, 0.2) is 68.4 Å². The molecule has 1 fully saturated rings. The third-order valence-electron chi connectivity index (χ3n) is 6.91. The highest BCUT2D eigenvalue weighted by Crippen LogP contribution is 2.77. The van der Waals surface area contributed by atoms with Gasteiger partial charge in [-0.3, -0.25) is 0 Å². The average molecular weight is 242 g/mol. The third kappa shape index (κ3) is 0.587. The van der Waals surface area contributed by atoms with Crippen LogP contribution >= 0.6 is 0 Å². The van der Waals surface area contributed by atoms with E-state index in [1.54, 1.807) is 33.4 Å². The Hall–Kier alpha value is -1.56. The topological polar surface area (TPSA) is 0 Å². The summed E-state index contributed by atoms with van der Waals surface area (Å²) in [7, 11) is 0. The van der Waals surface area contributed by atoms with E-state index in [9.17, 15) is 0 Å². The lowest BCUT2D eigenvalue weighted by Gasteiger charge is -2.49. The highest BCUT2D eigenvalue weighted by molar-refractivity contribution is 5.89. The first-order valence-electron chi connectivity index (χ1n) is 7.66. The molecule has 9 aliphatic carbocycles. The Morgan fingerprint density at radius 1 is 1.21 bits per heavy atom. The minimum absolute atomic E-state index is 0.522. The molecular formula is C19H14. The van der Waals surface area contributed by atoms with E-state index < -0.39 is 0 Å². The van der Waals surface area contributed by atoms with Crippen molar-refractivity contribution in [2.75, 3.05) is 0 Å². The Labute approximate surface area is 112 Å². The molecule has 0 aromatic heterocycles. The quantitative estimate of drug-likeness (QED) is 0.598. The molecule has 19 heavy (non-hydrogen) atoms. The second kappa shape index (κ2) is 2.08. The number of hydrogen-bond acceptors (Lipinski definition) is 0. The first-order valence-corrected chi connectivity index (χ1v) is 7.66. The minimum Gasteiger partial charge on any atom is -0.0584 e. The molecule has 0 aromatic rings. The normalized spacial score (nSPS) is 45.0. The van der Waals surface area contributed by atoms with Crippen LogP contribution in [-0.2, 0) is 0 Å². The summed E-state index contributed by atoms with van der Waals surface area (Å²) in [5.41, 5.74) is 15.8. The molecule has 1 saturated carbocycles. The molecule has 0 N–H and O–H groups in total. The number of allylic oxidation sites excluding steroid dienone is 12. The maximum atomic E-state index is 2.57. The van der Waals surface area contributed by atoms with Gasteiger partial charge in [-0.15, -0.1) is 0 Å². The third-order valence-corrected chi connectivity index (χ3v) is 6.91. The molecule has 0 nitrogen and oxygen atoms in total. The van der Waals surface area contributed by atoms with Crippen molar-refractivity contribution in [3.63, 3.8) is 0 Å². The predicted octanol–water partition coefficient (Wildman–Crippen LogP) is 4.16. The zero-order valence-electron chi connectivity index (χ0n) is 11.0. The van der Waals surface area contributed by atoms with Crippen molar-refractivity contribution in [3.05, 3.63) is 68.4 Å². The molecule has 9 aliphatic rings. The zero-order valence-corrected chi connectivity index (χ0v) is 11.0. The summed E-state index contributed by atoms with van der Waals surface area (Å²) in [6, 6.07) is 0. The maximum Gasteiger partial charge on any atom is 0.0188 e. The summed E-state index contributed by atoms with van der Waals surface area (Å²) in [4.78, 5) is 0. The van der Waals surface area contributed by atoms with E-state index in [4.69, 9.17) is 0 Å². The molecule has 0 saturated heterocycles. The van der Waals surface area contributed by atoms with Crippen LogP contribution in [0.4, 0.5) is 0 Å². The first-order chi connectivity index (χ1) is 9.28. The van der Waals surface area contributed by atoms with Crippen LogP contribution in [0.3, 0.4) is 0 Å². The largest absolute Gasteiger partial charge is 0.0584 e. The van der Waals surface area contributed by atoms with Gasteiger partial charge in [-0.1, -0.05) is 18.6 Å². The second-order valence-electron chi connectivity index (χ2n) is 7.50. The van der Waals surface area contributed by atoms with Crippen LogP contribution in [0, 0.1) is 17.3 Å². The van der Waals surface area contributed by atoms with Gasteiger partial charge >= 0.3 is 0 Å². The van der Waals surface area contributed by atoms with Gasteiger partial charge in [-0.2, -0.15) is 0 Å². The summed E-state index contributed by atoms with van der Waals surface area (Å²) in [5, 5.41) is 0. The lowest BCUT2D eigenvalue weighted by atomic mass is 9.53. The lowest BCUT2D eigenvalue weighted by Crippen LogP contribution is -2.38. The fourth-order valence-electron chi connectivity index (χ4n) is 6.41. The molecule has 1 spiro atoms. The highest BCUT2D eigenvalue weighted by atomic mass is 14.7. The van der Waals surface area contributed by atoms with Crippen LogP contribution < -0.4 is 0 Å². The van der Waals surface area contributed by atoms with E-state index in [2.05, 4.69) is 25.2 Å². The van der Waals surface area contributed by atoms with Gasteiger partial charge in [0.2, 0.25) is 0 Å². The molecule has 0 aromatic carbocycles. The Morgan fingerprint density at radius 3 is 3.11 bits per heavy atom. The van der Waals surface area contributed by atoms with Crippen molar-refractivity contribution in [3.8, 4) is 0 Å². The molecule has 0 heteroatoms. The van der Waals surface area contributed by atoms with Gasteiger partial charge in [0, 0.05) is 11.3 Å². The molecular weight excluding hydrogens is 228 g/mol. The van der Waals surface area contributed by atoms with E-state index in [0.717, 1.165) is 11.8 Å². The molecule has 3 atom stereocenters. The summed E-state index contributed by atoms with van der Waals surface area (Å²) in [5.74, 6) is 1.52. The fraction of sp³-hybridized carbons (Fsp3) is 0.368. The molecule has 0 radical (unpaired) electrons. The zero-order chi connectivity index (χ0) is 12.1. The Balaban J connectivity index is 1.79. The number of rotatable bonds is 0. The van der Waals surface area contributed by atoms with E-state index in [1.807, 2.05) is 11.1 Å². The maximum absolute atomic E-state index is 2.57. The lowest BCUT2D eigenvalue weighted by molar-refractivity contribution is 0.318. The molecule has 0 aliphatic heterocycles. The van der Waals surface area contributed by atoms with E-state index >= 15 is 0 Å². The Morgan fingerprint density at radius 2 is 2.16 bits per heavy atom. The van der Waals surface area contributed by atoms with Crippen molar-refractivity contribution in [1.82, 2.24) is 0 Å². The van der Waals surface area contributed by atoms with Crippen LogP contribution in [0.5, 0.6) is 0 Å². The van der Waals surface area contributed by atoms with Gasteiger partial charge in [-0.05, 0) is 81.9 Å². The van der Waals surface area contributed by atoms with Gasteiger partial charge in [0.1, 0.15) is 0 Å². The molecule has 90 valence electrons. The first kappa shape index (κ1) is 8.58. The Kier molecular flexibility index (Phi) is 0.938. The fourth-order valence-corrected chi connectivity index (χ4v) is 6.41. The van der Waals surface area contributed by atoms with Crippen molar-refractivity contribution < 1.29 is 0 Å². The van der Waals surface area contributed by atoms with Crippen molar-refractivity contribution in [2.24, 2.45) is 17.3 Å². The molecule has 0 amide bonds.